The van der Waals surface area contributed by atoms with Crippen molar-refractivity contribution in [1.82, 2.24) is 5.32 Å². The Morgan fingerprint density at radius 1 is 1.12 bits per heavy atom. The zero-order valence-electron chi connectivity index (χ0n) is 13.3. The molecule has 1 atom stereocenters. The van der Waals surface area contributed by atoms with Gasteiger partial charge in [0.1, 0.15) is 0 Å². The summed E-state index contributed by atoms with van der Waals surface area (Å²) in [6.45, 7) is 2.69. The second kappa shape index (κ2) is 6.32. The Balaban J connectivity index is 1.97. The van der Waals surface area contributed by atoms with Crippen molar-refractivity contribution in [3.8, 4) is 0 Å². The number of anilines is 1. The first-order chi connectivity index (χ1) is 11.3. The molecule has 1 heterocycles. The highest BCUT2D eigenvalue weighted by atomic mass is 19.4. The van der Waals surface area contributed by atoms with Crippen LogP contribution in [0.15, 0.2) is 48.5 Å². The number of benzene rings is 2. The van der Waals surface area contributed by atoms with Gasteiger partial charge in [-0.2, -0.15) is 13.2 Å². The minimum Gasteiger partial charge on any atom is -0.398 e. The summed E-state index contributed by atoms with van der Waals surface area (Å²) in [6.07, 6.45) is -1.56. The first kappa shape index (κ1) is 16.6. The normalized spacial score (nSPS) is 18.3. The predicted octanol–water partition coefficient (Wildman–Crippen LogP) is 4.71. The number of alkyl halides is 3. The van der Waals surface area contributed by atoms with Crippen LogP contribution in [-0.2, 0) is 6.18 Å². The van der Waals surface area contributed by atoms with E-state index in [0.29, 0.717) is 17.8 Å². The van der Waals surface area contributed by atoms with Crippen LogP contribution in [0.5, 0.6) is 0 Å². The molecule has 1 unspecified atom stereocenters. The third kappa shape index (κ3) is 3.46. The Labute approximate surface area is 139 Å². The molecule has 126 valence electrons. The molecule has 24 heavy (non-hydrogen) atoms. The minimum absolute atomic E-state index is 0.254. The minimum atomic E-state index is -4.34. The lowest BCUT2D eigenvalue weighted by Gasteiger charge is -2.25. The van der Waals surface area contributed by atoms with Gasteiger partial charge in [0.2, 0.25) is 0 Å². The van der Waals surface area contributed by atoms with Crippen molar-refractivity contribution in [2.75, 3.05) is 12.3 Å². The van der Waals surface area contributed by atoms with Crippen molar-refractivity contribution in [3.05, 3.63) is 70.8 Å². The van der Waals surface area contributed by atoms with E-state index in [1.165, 1.54) is 12.1 Å². The number of nitrogens with two attached hydrogens (primary N) is 1. The van der Waals surface area contributed by atoms with Crippen LogP contribution in [0.25, 0.3) is 5.57 Å². The third-order valence-electron chi connectivity index (χ3n) is 4.25. The molecule has 2 nitrogen and oxygen atoms in total. The predicted molar refractivity (Wildman–Crippen MR) is 90.4 cm³/mol. The zero-order valence-corrected chi connectivity index (χ0v) is 13.3. The number of halogens is 3. The molecule has 0 fully saturated rings. The van der Waals surface area contributed by atoms with E-state index in [-0.39, 0.29) is 6.04 Å². The van der Waals surface area contributed by atoms with Gasteiger partial charge in [-0.1, -0.05) is 29.8 Å². The molecule has 0 spiro atoms. The average Bonchev–Trinajstić information content (AvgIpc) is 2.56. The number of nitrogens with one attached hydrogen (secondary N) is 1. The highest BCUT2D eigenvalue weighted by Crippen LogP contribution is 2.34. The summed E-state index contributed by atoms with van der Waals surface area (Å²) in [4.78, 5) is 0. The van der Waals surface area contributed by atoms with Crippen molar-refractivity contribution in [1.29, 1.82) is 0 Å². The standard InChI is InChI=1S/C19H19F3N2/c1-12-5-6-17(23)16(9-12)13-7-8-24-18(11-13)14-3-2-4-15(10-14)19(20,21)22/h2-6,9-11,18,24H,7-8,23H2,1H3. The van der Waals surface area contributed by atoms with Crippen molar-refractivity contribution in [2.45, 2.75) is 25.6 Å². The monoisotopic (exact) mass is 332 g/mol. The third-order valence-corrected chi connectivity index (χ3v) is 4.25. The fraction of sp³-hybridized carbons (Fsp3) is 0.263. The Hall–Kier alpha value is -2.27. The van der Waals surface area contributed by atoms with Crippen LogP contribution in [0.2, 0.25) is 0 Å². The summed E-state index contributed by atoms with van der Waals surface area (Å²) in [5.41, 5.74) is 9.88. The van der Waals surface area contributed by atoms with Crippen LogP contribution in [0.1, 0.15) is 34.7 Å². The van der Waals surface area contributed by atoms with E-state index >= 15 is 0 Å². The molecule has 2 aromatic rings. The number of rotatable bonds is 2. The van der Waals surface area contributed by atoms with Gasteiger partial charge in [0.25, 0.3) is 0 Å². The van der Waals surface area contributed by atoms with Crippen LogP contribution in [0.3, 0.4) is 0 Å². The molecule has 0 saturated heterocycles. The van der Waals surface area contributed by atoms with Gasteiger partial charge in [0.15, 0.2) is 0 Å². The van der Waals surface area contributed by atoms with E-state index in [4.69, 9.17) is 5.73 Å². The molecule has 0 aromatic heterocycles. The Morgan fingerprint density at radius 3 is 2.67 bits per heavy atom. The molecule has 0 radical (unpaired) electrons. The van der Waals surface area contributed by atoms with Crippen LogP contribution >= 0.6 is 0 Å². The second-order valence-electron chi connectivity index (χ2n) is 6.09. The summed E-state index contributed by atoms with van der Waals surface area (Å²) < 4.78 is 38.8. The first-order valence-electron chi connectivity index (χ1n) is 7.82. The van der Waals surface area contributed by atoms with Crippen molar-refractivity contribution in [3.63, 3.8) is 0 Å². The van der Waals surface area contributed by atoms with E-state index in [1.807, 2.05) is 31.2 Å². The van der Waals surface area contributed by atoms with Crippen LogP contribution in [0, 0.1) is 6.92 Å². The lowest BCUT2D eigenvalue weighted by Crippen LogP contribution is -2.25. The SMILES string of the molecule is Cc1ccc(N)c(C2=CC(c3cccc(C(F)(F)F)c3)NCC2)c1. The maximum Gasteiger partial charge on any atom is 0.416 e. The lowest BCUT2D eigenvalue weighted by molar-refractivity contribution is -0.137. The van der Waals surface area contributed by atoms with E-state index in [9.17, 15) is 13.2 Å². The van der Waals surface area contributed by atoms with Gasteiger partial charge in [-0.05, 0) is 48.7 Å². The Bertz CT molecular complexity index is 778. The molecular weight excluding hydrogens is 313 g/mol. The molecule has 0 bridgehead atoms. The smallest absolute Gasteiger partial charge is 0.398 e. The fourth-order valence-corrected chi connectivity index (χ4v) is 3.00. The molecule has 3 N–H and O–H groups in total. The highest BCUT2D eigenvalue weighted by molar-refractivity contribution is 5.76. The van der Waals surface area contributed by atoms with Crippen molar-refractivity contribution >= 4 is 11.3 Å². The number of hydrogen-bond donors (Lipinski definition) is 2. The van der Waals surface area contributed by atoms with Gasteiger partial charge in [0, 0.05) is 17.8 Å². The number of hydrogen-bond acceptors (Lipinski definition) is 2. The van der Waals surface area contributed by atoms with E-state index in [1.54, 1.807) is 6.07 Å². The molecule has 1 aliphatic heterocycles. The maximum absolute atomic E-state index is 12.9. The van der Waals surface area contributed by atoms with Crippen molar-refractivity contribution in [2.24, 2.45) is 0 Å². The molecule has 2 aromatic carbocycles. The van der Waals surface area contributed by atoms with Crippen LogP contribution in [-0.4, -0.2) is 6.54 Å². The van der Waals surface area contributed by atoms with E-state index in [2.05, 4.69) is 5.32 Å². The van der Waals surface area contributed by atoms with Gasteiger partial charge < -0.3 is 11.1 Å². The summed E-state index contributed by atoms with van der Waals surface area (Å²) in [5.74, 6) is 0. The van der Waals surface area contributed by atoms with Gasteiger partial charge in [-0.25, -0.2) is 0 Å². The Kier molecular flexibility index (Phi) is 4.37. The zero-order chi connectivity index (χ0) is 17.3. The van der Waals surface area contributed by atoms with Gasteiger partial charge in [0.05, 0.1) is 11.6 Å². The summed E-state index contributed by atoms with van der Waals surface area (Å²) in [5, 5.41) is 3.26. The van der Waals surface area contributed by atoms with Gasteiger partial charge >= 0.3 is 6.18 Å². The molecule has 0 aliphatic carbocycles. The van der Waals surface area contributed by atoms with E-state index in [0.717, 1.165) is 29.2 Å². The van der Waals surface area contributed by atoms with E-state index < -0.39 is 11.7 Å². The molecule has 0 saturated carbocycles. The van der Waals surface area contributed by atoms with Gasteiger partial charge in [-0.15, -0.1) is 0 Å². The summed E-state index contributed by atoms with van der Waals surface area (Å²) >= 11 is 0. The lowest BCUT2D eigenvalue weighted by atomic mass is 9.92. The van der Waals surface area contributed by atoms with Gasteiger partial charge in [-0.3, -0.25) is 0 Å². The molecular formula is C19H19F3N2. The van der Waals surface area contributed by atoms with Crippen LogP contribution in [0.4, 0.5) is 18.9 Å². The number of aryl methyl sites for hydroxylation is 1. The first-order valence-corrected chi connectivity index (χ1v) is 7.82. The quantitative estimate of drug-likeness (QED) is 0.781. The Morgan fingerprint density at radius 2 is 1.92 bits per heavy atom. The molecule has 3 rings (SSSR count). The largest absolute Gasteiger partial charge is 0.416 e. The summed E-state index contributed by atoms with van der Waals surface area (Å²) in [7, 11) is 0. The average molecular weight is 332 g/mol. The number of nitrogen functional groups attached to an aromatic ring is 1. The summed E-state index contributed by atoms with van der Waals surface area (Å²) in [6, 6.07) is 11.0. The molecule has 0 amide bonds. The highest BCUT2D eigenvalue weighted by Gasteiger charge is 2.31. The second-order valence-corrected chi connectivity index (χ2v) is 6.09. The maximum atomic E-state index is 12.9. The fourth-order valence-electron chi connectivity index (χ4n) is 3.00. The topological polar surface area (TPSA) is 38.0 Å². The molecule has 1 aliphatic rings. The van der Waals surface area contributed by atoms with Crippen LogP contribution < -0.4 is 11.1 Å². The molecule has 5 heteroatoms. The van der Waals surface area contributed by atoms with Crippen molar-refractivity contribution < 1.29 is 13.2 Å².